The number of aryl methyl sites for hydroxylation is 1. The van der Waals surface area contributed by atoms with Gasteiger partial charge in [-0.2, -0.15) is 0 Å². The molecule has 1 aromatic heterocycles. The summed E-state index contributed by atoms with van der Waals surface area (Å²) in [6.07, 6.45) is 0.441. The van der Waals surface area contributed by atoms with Crippen molar-refractivity contribution < 1.29 is 4.79 Å². The van der Waals surface area contributed by atoms with E-state index in [0.717, 1.165) is 21.5 Å². The molecule has 0 aliphatic heterocycles. The number of halogens is 1. The van der Waals surface area contributed by atoms with Crippen molar-refractivity contribution >= 4 is 27.7 Å². The highest BCUT2D eigenvalue weighted by Gasteiger charge is 2.10. The van der Waals surface area contributed by atoms with Crippen molar-refractivity contribution in [2.45, 2.75) is 19.9 Å². The molecule has 0 saturated carbocycles. The molecule has 0 aliphatic rings. The van der Waals surface area contributed by atoms with Gasteiger partial charge in [0.1, 0.15) is 5.82 Å². The topological polar surface area (TPSA) is 45.2 Å². The Morgan fingerprint density at radius 2 is 2.00 bits per heavy atom. The lowest BCUT2D eigenvalue weighted by molar-refractivity contribution is -0.130. The van der Waals surface area contributed by atoms with Crippen molar-refractivity contribution in [3.63, 3.8) is 0 Å². The van der Waals surface area contributed by atoms with E-state index >= 15 is 0 Å². The van der Waals surface area contributed by atoms with E-state index in [0.29, 0.717) is 19.5 Å². The zero-order valence-corrected chi connectivity index (χ0v) is 14.4. The van der Waals surface area contributed by atoms with Gasteiger partial charge in [-0.15, -0.1) is 0 Å². The van der Waals surface area contributed by atoms with Crippen molar-refractivity contribution in [3.05, 3.63) is 58.2 Å². The number of rotatable bonds is 6. The van der Waals surface area contributed by atoms with Gasteiger partial charge in [0.15, 0.2) is 0 Å². The number of nitrogens with zero attached hydrogens (tertiary/aromatic N) is 2. The molecule has 5 heteroatoms. The normalized spacial score (nSPS) is 10.3. The second-order valence-electron chi connectivity index (χ2n) is 5.18. The maximum Gasteiger partial charge on any atom is 0.224 e. The second kappa shape index (κ2) is 7.94. The highest BCUT2D eigenvalue weighted by molar-refractivity contribution is 9.10. The number of benzene rings is 1. The Morgan fingerprint density at radius 1 is 1.23 bits per heavy atom. The highest BCUT2D eigenvalue weighted by Crippen LogP contribution is 2.17. The lowest BCUT2D eigenvalue weighted by Gasteiger charge is -2.18. The van der Waals surface area contributed by atoms with Crippen LogP contribution in [0.2, 0.25) is 0 Å². The van der Waals surface area contributed by atoms with Crippen LogP contribution in [0.1, 0.15) is 17.7 Å². The van der Waals surface area contributed by atoms with Gasteiger partial charge < -0.3 is 10.2 Å². The van der Waals surface area contributed by atoms with Crippen molar-refractivity contribution in [2.24, 2.45) is 0 Å². The molecule has 0 unspecified atom stereocenters. The number of anilines is 1. The van der Waals surface area contributed by atoms with Gasteiger partial charge in [-0.05, 0) is 30.7 Å². The fraction of sp³-hybridized carbons (Fsp3) is 0.294. The second-order valence-corrected chi connectivity index (χ2v) is 6.04. The number of carbonyl (C=O) groups excluding carboxylic acids is 1. The average molecular weight is 362 g/mol. The third-order valence-corrected chi connectivity index (χ3v) is 4.10. The molecular weight excluding hydrogens is 342 g/mol. The molecule has 116 valence electrons. The molecule has 0 fully saturated rings. The molecule has 22 heavy (non-hydrogen) atoms. The SMILES string of the molecule is Cc1cccc(NCCC(=O)N(C)Cc2ccccc2Br)n1. The van der Waals surface area contributed by atoms with Crippen LogP contribution in [0.5, 0.6) is 0 Å². The van der Waals surface area contributed by atoms with E-state index in [4.69, 9.17) is 0 Å². The minimum Gasteiger partial charge on any atom is -0.370 e. The first-order valence-corrected chi connectivity index (χ1v) is 8.00. The van der Waals surface area contributed by atoms with Gasteiger partial charge in [-0.25, -0.2) is 4.98 Å². The van der Waals surface area contributed by atoms with Crippen molar-refractivity contribution in [1.82, 2.24) is 9.88 Å². The van der Waals surface area contributed by atoms with Crippen LogP contribution in [0.15, 0.2) is 46.9 Å². The predicted octanol–water partition coefficient (Wildman–Crippen LogP) is 3.61. The molecule has 1 amide bonds. The fourth-order valence-corrected chi connectivity index (χ4v) is 2.51. The standard InChI is InChI=1S/C17H20BrN3O/c1-13-6-5-9-16(20-13)19-11-10-17(22)21(2)12-14-7-3-4-8-15(14)18/h3-9H,10-12H2,1-2H3,(H,19,20). The summed E-state index contributed by atoms with van der Waals surface area (Å²) in [6.45, 7) is 3.13. The largest absolute Gasteiger partial charge is 0.370 e. The van der Waals surface area contributed by atoms with Gasteiger partial charge in [-0.1, -0.05) is 40.2 Å². The van der Waals surface area contributed by atoms with E-state index in [1.165, 1.54) is 0 Å². The zero-order valence-electron chi connectivity index (χ0n) is 12.8. The van der Waals surface area contributed by atoms with Crippen LogP contribution in [0.25, 0.3) is 0 Å². The summed E-state index contributed by atoms with van der Waals surface area (Å²) in [5.41, 5.74) is 2.06. The Hall–Kier alpha value is -1.88. The third-order valence-electron chi connectivity index (χ3n) is 3.32. The van der Waals surface area contributed by atoms with E-state index in [1.807, 2.05) is 56.4 Å². The summed E-state index contributed by atoms with van der Waals surface area (Å²) in [4.78, 5) is 18.3. The number of pyridine rings is 1. The molecule has 0 radical (unpaired) electrons. The summed E-state index contributed by atoms with van der Waals surface area (Å²) in [5, 5.41) is 3.18. The maximum atomic E-state index is 12.2. The van der Waals surface area contributed by atoms with E-state index < -0.39 is 0 Å². The molecule has 4 nitrogen and oxygen atoms in total. The number of hydrogen-bond donors (Lipinski definition) is 1. The zero-order chi connectivity index (χ0) is 15.9. The Balaban J connectivity index is 1.80. The summed E-state index contributed by atoms with van der Waals surface area (Å²) >= 11 is 3.51. The summed E-state index contributed by atoms with van der Waals surface area (Å²) < 4.78 is 1.02. The van der Waals surface area contributed by atoms with E-state index in [1.54, 1.807) is 4.90 Å². The smallest absolute Gasteiger partial charge is 0.224 e. The first kappa shape index (κ1) is 16.5. The number of amides is 1. The minimum atomic E-state index is 0.107. The van der Waals surface area contributed by atoms with Gasteiger partial charge in [-0.3, -0.25) is 4.79 Å². The molecule has 0 aliphatic carbocycles. The van der Waals surface area contributed by atoms with Crippen LogP contribution in [-0.2, 0) is 11.3 Å². The lowest BCUT2D eigenvalue weighted by atomic mass is 10.2. The molecule has 1 heterocycles. The van der Waals surface area contributed by atoms with Crippen molar-refractivity contribution in [3.8, 4) is 0 Å². The Morgan fingerprint density at radius 3 is 2.73 bits per heavy atom. The Labute approximate surface area is 139 Å². The van der Waals surface area contributed by atoms with E-state index in [-0.39, 0.29) is 5.91 Å². The van der Waals surface area contributed by atoms with Gasteiger partial charge >= 0.3 is 0 Å². The predicted molar refractivity (Wildman–Crippen MR) is 92.7 cm³/mol. The average Bonchev–Trinajstić information content (AvgIpc) is 2.49. The first-order valence-electron chi connectivity index (χ1n) is 7.21. The molecule has 0 atom stereocenters. The molecule has 1 N–H and O–H groups in total. The molecule has 2 aromatic rings. The van der Waals surface area contributed by atoms with Gasteiger partial charge in [0.25, 0.3) is 0 Å². The number of nitrogens with one attached hydrogen (secondary N) is 1. The third kappa shape index (κ3) is 4.84. The number of carbonyl (C=O) groups is 1. The van der Waals surface area contributed by atoms with Gasteiger partial charge in [0.2, 0.25) is 5.91 Å². The van der Waals surface area contributed by atoms with Crippen LogP contribution in [0, 0.1) is 6.92 Å². The van der Waals surface area contributed by atoms with Crippen LogP contribution in [0.4, 0.5) is 5.82 Å². The molecule has 2 rings (SSSR count). The van der Waals surface area contributed by atoms with Crippen LogP contribution < -0.4 is 5.32 Å². The fourth-order valence-electron chi connectivity index (χ4n) is 2.10. The molecular formula is C17H20BrN3O. The molecule has 0 saturated heterocycles. The molecule has 0 spiro atoms. The van der Waals surface area contributed by atoms with Crippen LogP contribution in [0.3, 0.4) is 0 Å². The highest BCUT2D eigenvalue weighted by atomic mass is 79.9. The monoisotopic (exact) mass is 361 g/mol. The van der Waals surface area contributed by atoms with Crippen molar-refractivity contribution in [1.29, 1.82) is 0 Å². The first-order chi connectivity index (χ1) is 10.6. The van der Waals surface area contributed by atoms with Gasteiger partial charge in [0, 0.05) is 36.7 Å². The summed E-state index contributed by atoms with van der Waals surface area (Å²) in [5.74, 6) is 0.914. The van der Waals surface area contributed by atoms with E-state index in [9.17, 15) is 4.79 Å². The summed E-state index contributed by atoms with van der Waals surface area (Å²) in [7, 11) is 1.83. The quantitative estimate of drug-likeness (QED) is 0.854. The Bertz CT molecular complexity index is 645. The van der Waals surface area contributed by atoms with Crippen molar-refractivity contribution in [2.75, 3.05) is 18.9 Å². The molecule has 1 aromatic carbocycles. The summed E-state index contributed by atoms with van der Waals surface area (Å²) in [6, 6.07) is 13.7. The number of hydrogen-bond acceptors (Lipinski definition) is 3. The number of aromatic nitrogens is 1. The minimum absolute atomic E-state index is 0.107. The molecule has 0 bridgehead atoms. The van der Waals surface area contributed by atoms with E-state index in [2.05, 4.69) is 26.2 Å². The van der Waals surface area contributed by atoms with Gasteiger partial charge in [0.05, 0.1) is 0 Å². The maximum absolute atomic E-state index is 12.2. The Kier molecular flexibility index (Phi) is 5.95. The van der Waals surface area contributed by atoms with Crippen LogP contribution >= 0.6 is 15.9 Å². The lowest BCUT2D eigenvalue weighted by Crippen LogP contribution is -2.28. The van der Waals surface area contributed by atoms with Crippen LogP contribution in [-0.4, -0.2) is 29.4 Å².